The third-order valence-corrected chi connectivity index (χ3v) is 7.31. The van der Waals surface area contributed by atoms with Gasteiger partial charge in [0, 0.05) is 30.7 Å². The summed E-state index contributed by atoms with van der Waals surface area (Å²) in [6, 6.07) is 11.9. The van der Waals surface area contributed by atoms with Crippen molar-refractivity contribution in [3.8, 4) is 5.69 Å². The van der Waals surface area contributed by atoms with Crippen LogP contribution in [-0.4, -0.2) is 11.1 Å². The number of unbranched alkanes of at least 4 members (excludes halogenated alkanes) is 16. The predicted octanol–water partition coefficient (Wildman–Crippen LogP) is 9.16. The van der Waals surface area contributed by atoms with Gasteiger partial charge in [0.1, 0.15) is 0 Å². The smallest absolute Gasteiger partial charge is 0.336 e. The minimum absolute atomic E-state index is 0.450. The standard InChI is InChI=1S/C32H49NO2/c1-3-4-5-6-7-8-9-10-11-12-13-14-15-16-17-18-22-25-30-28(2)33(27-26-31(30)32(34)35)29-23-20-19-21-24-29/h19-21,23-24,26-27H,3-18,22,25H2,1-2H3/p+1. The minimum Gasteiger partial charge on any atom is -0.478 e. The van der Waals surface area contributed by atoms with Gasteiger partial charge in [0.15, 0.2) is 11.9 Å². The number of aromatic nitrogens is 1. The molecule has 35 heavy (non-hydrogen) atoms. The lowest BCUT2D eigenvalue weighted by Crippen LogP contribution is -2.36. The van der Waals surface area contributed by atoms with Gasteiger partial charge in [0.25, 0.3) is 0 Å². The second kappa shape index (κ2) is 18.2. The Morgan fingerprint density at radius 2 is 1.14 bits per heavy atom. The third kappa shape index (κ3) is 11.4. The molecule has 0 fully saturated rings. The Morgan fingerprint density at radius 3 is 1.60 bits per heavy atom. The van der Waals surface area contributed by atoms with Crippen LogP contribution in [0.3, 0.4) is 0 Å². The van der Waals surface area contributed by atoms with E-state index < -0.39 is 5.97 Å². The lowest BCUT2D eigenvalue weighted by molar-refractivity contribution is -0.603. The maximum atomic E-state index is 11.8. The SMILES string of the molecule is CCCCCCCCCCCCCCCCCCCc1c(C(=O)O)cc[n+](-c2ccccc2)c1C. The normalized spacial score (nSPS) is 11.1. The minimum atomic E-state index is -0.824. The first-order valence-corrected chi connectivity index (χ1v) is 14.5. The third-order valence-electron chi connectivity index (χ3n) is 7.31. The first-order chi connectivity index (χ1) is 17.1. The fourth-order valence-electron chi connectivity index (χ4n) is 5.11. The number of nitrogens with zero attached hydrogens (tertiary/aromatic N) is 1. The van der Waals surface area contributed by atoms with Crippen molar-refractivity contribution in [3.63, 3.8) is 0 Å². The topological polar surface area (TPSA) is 41.2 Å². The van der Waals surface area contributed by atoms with Crippen LogP contribution in [0.2, 0.25) is 0 Å². The van der Waals surface area contributed by atoms with Gasteiger partial charge in [0.2, 0.25) is 5.69 Å². The van der Waals surface area contributed by atoms with Crippen molar-refractivity contribution in [2.24, 2.45) is 0 Å². The van der Waals surface area contributed by atoms with Crippen LogP contribution in [0.5, 0.6) is 0 Å². The molecule has 0 aliphatic rings. The summed E-state index contributed by atoms with van der Waals surface area (Å²) in [5.41, 5.74) is 3.54. The molecule has 194 valence electrons. The number of benzene rings is 1. The molecule has 0 amide bonds. The molecule has 0 aliphatic carbocycles. The molecule has 1 N–H and O–H groups in total. The maximum Gasteiger partial charge on any atom is 0.336 e. The van der Waals surface area contributed by atoms with Crippen molar-refractivity contribution in [1.82, 2.24) is 0 Å². The number of hydrogen-bond donors (Lipinski definition) is 1. The number of aromatic carboxylic acids is 1. The summed E-state index contributed by atoms with van der Waals surface area (Å²) in [5.74, 6) is -0.824. The van der Waals surface area contributed by atoms with Crippen molar-refractivity contribution in [1.29, 1.82) is 0 Å². The number of pyridine rings is 1. The summed E-state index contributed by atoms with van der Waals surface area (Å²) in [6.45, 7) is 4.33. The number of carboxylic acids is 1. The van der Waals surface area contributed by atoms with E-state index >= 15 is 0 Å². The van der Waals surface area contributed by atoms with Gasteiger partial charge in [-0.25, -0.2) is 4.79 Å². The van der Waals surface area contributed by atoms with Crippen molar-refractivity contribution < 1.29 is 14.5 Å². The zero-order valence-electron chi connectivity index (χ0n) is 22.6. The molecule has 1 heterocycles. The molecular formula is C32H50NO2+. The van der Waals surface area contributed by atoms with E-state index in [0.717, 1.165) is 29.8 Å². The molecule has 2 aromatic rings. The Kier molecular flexibility index (Phi) is 15.1. The lowest BCUT2D eigenvalue weighted by Gasteiger charge is -2.09. The predicted molar refractivity (Wildman–Crippen MR) is 148 cm³/mol. The average molecular weight is 481 g/mol. The molecule has 0 bridgehead atoms. The van der Waals surface area contributed by atoms with E-state index in [2.05, 4.69) is 23.6 Å². The van der Waals surface area contributed by atoms with Crippen LogP contribution < -0.4 is 4.57 Å². The van der Waals surface area contributed by atoms with Crippen LogP contribution in [0.25, 0.3) is 5.69 Å². The van der Waals surface area contributed by atoms with Crippen molar-refractivity contribution in [2.75, 3.05) is 0 Å². The van der Waals surface area contributed by atoms with Gasteiger partial charge in [-0.1, -0.05) is 128 Å². The van der Waals surface area contributed by atoms with Gasteiger partial charge in [-0.2, -0.15) is 4.57 Å². The first kappa shape index (κ1) is 29.1. The van der Waals surface area contributed by atoms with Crippen LogP contribution in [0.15, 0.2) is 42.6 Å². The number of carbonyl (C=O) groups is 1. The molecule has 3 nitrogen and oxygen atoms in total. The molecule has 0 radical (unpaired) electrons. The summed E-state index contributed by atoms with van der Waals surface area (Å²) < 4.78 is 2.11. The van der Waals surface area contributed by atoms with Crippen molar-refractivity contribution in [3.05, 3.63) is 59.4 Å². The molecule has 0 aliphatic heterocycles. The molecule has 0 saturated carbocycles. The highest BCUT2D eigenvalue weighted by atomic mass is 16.4. The van der Waals surface area contributed by atoms with Gasteiger partial charge in [-0.05, 0) is 12.8 Å². The number of carboxylic acid groups (broad SMARTS) is 1. The molecule has 1 aromatic heterocycles. The first-order valence-electron chi connectivity index (χ1n) is 14.5. The maximum absolute atomic E-state index is 11.8. The number of hydrogen-bond acceptors (Lipinski definition) is 1. The summed E-state index contributed by atoms with van der Waals surface area (Å²) in [6.07, 6.45) is 25.8. The van der Waals surface area contributed by atoms with Gasteiger partial charge in [-0.15, -0.1) is 0 Å². The Hall–Kier alpha value is -2.16. The molecule has 0 saturated heterocycles. The highest BCUT2D eigenvalue weighted by molar-refractivity contribution is 5.89. The Morgan fingerprint density at radius 1 is 0.686 bits per heavy atom. The quantitative estimate of drug-likeness (QED) is 0.152. The number of para-hydroxylation sites is 1. The molecule has 0 spiro atoms. The van der Waals surface area contributed by atoms with E-state index in [9.17, 15) is 9.90 Å². The van der Waals surface area contributed by atoms with E-state index in [1.54, 1.807) is 6.07 Å². The highest BCUT2D eigenvalue weighted by Crippen LogP contribution is 2.18. The second-order valence-corrected chi connectivity index (χ2v) is 10.2. The Labute approximate surface area is 215 Å². The van der Waals surface area contributed by atoms with Crippen LogP contribution in [0, 0.1) is 6.92 Å². The summed E-state index contributed by atoms with van der Waals surface area (Å²) in [5, 5.41) is 9.69. The van der Waals surface area contributed by atoms with E-state index in [1.807, 2.05) is 31.3 Å². The molecular weight excluding hydrogens is 430 g/mol. The number of rotatable bonds is 20. The largest absolute Gasteiger partial charge is 0.478 e. The van der Waals surface area contributed by atoms with Gasteiger partial charge in [-0.3, -0.25) is 0 Å². The fourth-order valence-corrected chi connectivity index (χ4v) is 5.11. The van der Waals surface area contributed by atoms with Crippen molar-refractivity contribution >= 4 is 5.97 Å². The molecule has 0 atom stereocenters. The van der Waals surface area contributed by atoms with E-state index in [1.165, 1.54) is 103 Å². The van der Waals surface area contributed by atoms with Crippen LogP contribution >= 0.6 is 0 Å². The van der Waals surface area contributed by atoms with Gasteiger partial charge in [0.05, 0.1) is 5.56 Å². The van der Waals surface area contributed by atoms with Gasteiger partial charge >= 0.3 is 5.97 Å². The molecule has 0 unspecified atom stereocenters. The van der Waals surface area contributed by atoms with E-state index in [-0.39, 0.29) is 0 Å². The lowest BCUT2D eigenvalue weighted by atomic mass is 9.98. The van der Waals surface area contributed by atoms with Crippen LogP contribution in [0.4, 0.5) is 0 Å². The summed E-state index contributed by atoms with van der Waals surface area (Å²) in [7, 11) is 0. The monoisotopic (exact) mass is 480 g/mol. The van der Waals surface area contributed by atoms with Gasteiger partial charge < -0.3 is 5.11 Å². The highest BCUT2D eigenvalue weighted by Gasteiger charge is 2.21. The van der Waals surface area contributed by atoms with Crippen LogP contribution in [-0.2, 0) is 6.42 Å². The molecule has 2 rings (SSSR count). The zero-order chi connectivity index (χ0) is 25.1. The van der Waals surface area contributed by atoms with Crippen molar-refractivity contribution in [2.45, 2.75) is 129 Å². The molecule has 3 heteroatoms. The second-order valence-electron chi connectivity index (χ2n) is 10.2. The summed E-state index contributed by atoms with van der Waals surface area (Å²) >= 11 is 0. The average Bonchev–Trinajstić information content (AvgIpc) is 2.87. The van der Waals surface area contributed by atoms with E-state index in [4.69, 9.17) is 0 Å². The Balaban J connectivity index is 1.57. The van der Waals surface area contributed by atoms with Crippen LogP contribution in [0.1, 0.15) is 138 Å². The molecule has 1 aromatic carbocycles. The zero-order valence-corrected chi connectivity index (χ0v) is 22.6. The van der Waals surface area contributed by atoms with E-state index in [0.29, 0.717) is 5.56 Å². The Bertz CT molecular complexity index is 831. The summed E-state index contributed by atoms with van der Waals surface area (Å²) in [4.78, 5) is 11.8. The fraction of sp³-hybridized carbons (Fsp3) is 0.625.